The van der Waals surface area contributed by atoms with Gasteiger partial charge in [-0.2, -0.15) is 0 Å². The van der Waals surface area contributed by atoms with Gasteiger partial charge in [-0.25, -0.2) is 13.6 Å². The summed E-state index contributed by atoms with van der Waals surface area (Å²) >= 11 is 5.95. The zero-order valence-electron chi connectivity index (χ0n) is 17.3. The number of nitrogens with one attached hydrogen (secondary N) is 1. The lowest BCUT2D eigenvalue weighted by Gasteiger charge is -2.21. The number of carbonyl (C=O) groups excluding carboxylic acids is 2. The smallest absolute Gasteiger partial charge is 0.328 e. The Morgan fingerprint density at radius 2 is 1.84 bits per heavy atom. The number of carboxylic acids is 1. The molecule has 0 atom stereocenters. The number of phenols is 1. The molecule has 10 heteroatoms. The maximum absolute atomic E-state index is 14.9. The maximum Gasteiger partial charge on any atom is 0.328 e. The van der Waals surface area contributed by atoms with Gasteiger partial charge < -0.3 is 15.5 Å². The molecule has 0 aliphatic heterocycles. The summed E-state index contributed by atoms with van der Waals surface area (Å²) in [6, 6.07) is 6.73. The highest BCUT2D eigenvalue weighted by molar-refractivity contribution is 6.31. The Hall–Kier alpha value is -3.46. The highest BCUT2D eigenvalue weighted by atomic mass is 35.5. The van der Waals surface area contributed by atoms with E-state index < -0.39 is 47.1 Å². The molecule has 1 heterocycles. The van der Waals surface area contributed by atoms with Crippen molar-refractivity contribution >= 4 is 40.3 Å². The highest BCUT2D eigenvalue weighted by Gasteiger charge is 2.31. The number of amides is 1. The maximum atomic E-state index is 14.9. The number of carboxylic acid groups (broad SMARTS) is 1. The number of aliphatic carboxylic acids is 1. The van der Waals surface area contributed by atoms with Crippen LogP contribution in [0.2, 0.25) is 5.02 Å². The van der Waals surface area contributed by atoms with Crippen LogP contribution in [0.3, 0.4) is 0 Å². The van der Waals surface area contributed by atoms with Crippen molar-refractivity contribution in [2.24, 2.45) is 0 Å². The first-order chi connectivity index (χ1) is 14.8. The Labute approximate surface area is 186 Å². The van der Waals surface area contributed by atoms with Crippen LogP contribution in [0, 0.1) is 18.6 Å². The number of fused-ring (bicyclic) bond motifs is 1. The molecule has 3 rings (SSSR count). The lowest BCUT2D eigenvalue weighted by molar-refractivity contribution is -0.145. The number of carbonyl (C=O) groups is 3. The summed E-state index contributed by atoms with van der Waals surface area (Å²) in [4.78, 5) is 37.0. The van der Waals surface area contributed by atoms with E-state index in [2.05, 4.69) is 5.32 Å². The van der Waals surface area contributed by atoms with Gasteiger partial charge in [0.25, 0.3) is 5.91 Å². The minimum absolute atomic E-state index is 0.00173. The van der Waals surface area contributed by atoms with Gasteiger partial charge in [-0.1, -0.05) is 17.7 Å². The lowest BCUT2D eigenvalue weighted by atomic mass is 10.0. The van der Waals surface area contributed by atoms with Gasteiger partial charge in [-0.15, -0.1) is 0 Å². The number of phenolic OH excluding ortho intramolecular Hbond substituents is 1. The number of nitrogens with zero attached hydrogens (tertiary/aromatic N) is 1. The van der Waals surface area contributed by atoms with Crippen LogP contribution in [-0.4, -0.2) is 38.1 Å². The van der Waals surface area contributed by atoms with Crippen LogP contribution >= 0.6 is 11.6 Å². The van der Waals surface area contributed by atoms with E-state index in [1.807, 2.05) is 0 Å². The summed E-state index contributed by atoms with van der Waals surface area (Å²) in [6.45, 7) is 3.98. The zero-order chi connectivity index (χ0) is 24.0. The average molecular weight is 465 g/mol. The summed E-state index contributed by atoms with van der Waals surface area (Å²) in [6.07, 6.45) is -0.517. The van der Waals surface area contributed by atoms with Gasteiger partial charge in [0, 0.05) is 27.7 Å². The van der Waals surface area contributed by atoms with Crippen LogP contribution in [0.4, 0.5) is 8.78 Å². The van der Waals surface area contributed by atoms with Gasteiger partial charge in [-0.3, -0.25) is 14.2 Å². The molecule has 0 saturated heterocycles. The fourth-order valence-corrected chi connectivity index (χ4v) is 3.58. The Balaban J connectivity index is 2.20. The van der Waals surface area contributed by atoms with Crippen LogP contribution in [-0.2, 0) is 16.0 Å². The zero-order valence-corrected chi connectivity index (χ0v) is 18.1. The van der Waals surface area contributed by atoms with Crippen molar-refractivity contribution in [2.75, 3.05) is 0 Å². The van der Waals surface area contributed by atoms with E-state index in [-0.39, 0.29) is 32.7 Å². The molecule has 7 nitrogen and oxygen atoms in total. The average Bonchev–Trinajstić information content (AvgIpc) is 2.96. The number of hydrogen-bond donors (Lipinski definition) is 3. The third kappa shape index (κ3) is 4.03. The molecule has 0 spiro atoms. The van der Waals surface area contributed by atoms with Gasteiger partial charge in [0.2, 0.25) is 5.91 Å². The van der Waals surface area contributed by atoms with Crippen LogP contribution < -0.4 is 5.32 Å². The second-order valence-electron chi connectivity index (χ2n) is 7.79. The first kappa shape index (κ1) is 23.2. The Morgan fingerprint density at radius 3 is 2.44 bits per heavy atom. The summed E-state index contributed by atoms with van der Waals surface area (Å²) in [5.41, 5.74) is -1.54. The number of aromatic nitrogens is 1. The van der Waals surface area contributed by atoms with Crippen molar-refractivity contribution in [3.05, 3.63) is 63.8 Å². The van der Waals surface area contributed by atoms with Crippen molar-refractivity contribution in [1.82, 2.24) is 9.88 Å². The van der Waals surface area contributed by atoms with Crippen molar-refractivity contribution in [2.45, 2.75) is 32.7 Å². The number of benzene rings is 2. The Bertz CT molecular complexity index is 1280. The predicted molar refractivity (Wildman–Crippen MR) is 113 cm³/mol. The van der Waals surface area contributed by atoms with Gasteiger partial charge in [0.1, 0.15) is 5.54 Å². The number of halogens is 3. The molecular formula is C22H19ClF2N2O5. The summed E-state index contributed by atoms with van der Waals surface area (Å²) in [5.74, 6) is -6.57. The third-order valence-corrected chi connectivity index (χ3v) is 5.32. The molecule has 0 saturated carbocycles. The van der Waals surface area contributed by atoms with Crippen molar-refractivity contribution < 1.29 is 33.4 Å². The largest absolute Gasteiger partial charge is 0.503 e. The van der Waals surface area contributed by atoms with E-state index in [0.717, 1.165) is 10.6 Å². The molecular weight excluding hydrogens is 446 g/mol. The molecule has 0 fully saturated rings. The molecule has 3 aromatic rings. The fourth-order valence-electron chi connectivity index (χ4n) is 3.39. The van der Waals surface area contributed by atoms with Gasteiger partial charge in [0.15, 0.2) is 17.4 Å². The number of aromatic hydroxyl groups is 1. The minimum Gasteiger partial charge on any atom is -0.503 e. The van der Waals surface area contributed by atoms with Crippen molar-refractivity contribution in [3.63, 3.8) is 0 Å². The second kappa shape index (κ2) is 8.23. The molecule has 0 aliphatic carbocycles. The highest BCUT2D eigenvalue weighted by Crippen LogP contribution is 2.35. The normalized spacial score (nSPS) is 11.6. The van der Waals surface area contributed by atoms with E-state index in [1.165, 1.54) is 39.0 Å². The Kier molecular flexibility index (Phi) is 5.97. The van der Waals surface area contributed by atoms with E-state index in [4.69, 9.17) is 11.6 Å². The van der Waals surface area contributed by atoms with E-state index in [0.29, 0.717) is 0 Å². The second-order valence-corrected chi connectivity index (χ2v) is 8.22. The van der Waals surface area contributed by atoms with E-state index >= 15 is 0 Å². The van der Waals surface area contributed by atoms with Crippen LogP contribution in [0.1, 0.15) is 35.5 Å². The number of rotatable bonds is 5. The molecule has 0 aliphatic rings. The van der Waals surface area contributed by atoms with Crippen molar-refractivity contribution in [1.29, 1.82) is 0 Å². The van der Waals surface area contributed by atoms with Gasteiger partial charge >= 0.3 is 5.97 Å². The molecule has 1 amide bonds. The van der Waals surface area contributed by atoms with Gasteiger partial charge in [0.05, 0.1) is 11.9 Å². The summed E-state index contributed by atoms with van der Waals surface area (Å²) in [5, 5.41) is 21.2. The van der Waals surface area contributed by atoms with Crippen LogP contribution in [0.15, 0.2) is 30.3 Å². The van der Waals surface area contributed by atoms with Crippen molar-refractivity contribution in [3.8, 4) is 5.75 Å². The molecule has 0 bridgehead atoms. The standard InChI is InChI=1S/C22H19ClF2N2O5/c1-10-13(8-16(28)26-22(2,3)21(31)32)17-15(9-14(24)19(29)18(17)25)27(10)20(30)11-5-4-6-12(23)7-11/h4-7,9,29H,8H2,1-3H3,(H,26,28)(H,31,32). The first-order valence-corrected chi connectivity index (χ1v) is 9.78. The topological polar surface area (TPSA) is 109 Å². The number of hydrogen-bond acceptors (Lipinski definition) is 4. The predicted octanol–water partition coefficient (Wildman–Crippen LogP) is 3.80. The third-order valence-electron chi connectivity index (χ3n) is 5.09. The Morgan fingerprint density at radius 1 is 1.19 bits per heavy atom. The van der Waals surface area contributed by atoms with E-state index in [1.54, 1.807) is 6.07 Å². The summed E-state index contributed by atoms with van der Waals surface area (Å²) < 4.78 is 30.1. The van der Waals surface area contributed by atoms with Crippen LogP contribution in [0.25, 0.3) is 10.9 Å². The summed E-state index contributed by atoms with van der Waals surface area (Å²) in [7, 11) is 0. The minimum atomic E-state index is -1.60. The lowest BCUT2D eigenvalue weighted by Crippen LogP contribution is -2.50. The molecule has 168 valence electrons. The molecule has 0 radical (unpaired) electrons. The first-order valence-electron chi connectivity index (χ1n) is 9.40. The SMILES string of the molecule is Cc1c(CC(=O)NC(C)(C)C(=O)O)c2c(F)c(O)c(F)cc2n1C(=O)c1cccc(Cl)c1. The molecule has 1 aromatic heterocycles. The monoisotopic (exact) mass is 464 g/mol. The quantitative estimate of drug-likeness (QED) is 0.532. The molecule has 0 unspecified atom stereocenters. The van der Waals surface area contributed by atoms with Crippen LogP contribution in [0.5, 0.6) is 5.75 Å². The molecule has 32 heavy (non-hydrogen) atoms. The molecule has 2 aromatic carbocycles. The molecule has 3 N–H and O–H groups in total. The van der Waals surface area contributed by atoms with E-state index in [9.17, 15) is 33.4 Å². The fraction of sp³-hybridized carbons (Fsp3) is 0.227. The van der Waals surface area contributed by atoms with Gasteiger partial charge in [-0.05, 0) is 44.5 Å².